The van der Waals surface area contributed by atoms with Crippen LogP contribution in [0.25, 0.3) is 0 Å². The lowest BCUT2D eigenvalue weighted by atomic mass is 9.79. The standard InChI is InChI=1S/C23H21F3N2O4/c1-2-32-21(30)16-8-9-18-19-14(12-28(18)20(29)13-6-4-3-5-7-13)10-15(11-17(16)19)27-22(31)23(24,25)26/h3-9,14-15H,2,10-12H2,1H3,(H,27,31). The molecule has 2 aliphatic rings. The highest BCUT2D eigenvalue weighted by atomic mass is 19.4. The number of alkyl halides is 3. The van der Waals surface area contributed by atoms with Crippen molar-refractivity contribution in [2.45, 2.75) is 37.9 Å². The molecule has 6 nitrogen and oxygen atoms in total. The van der Waals surface area contributed by atoms with E-state index in [9.17, 15) is 27.6 Å². The van der Waals surface area contributed by atoms with Crippen LogP contribution in [0.2, 0.25) is 0 Å². The van der Waals surface area contributed by atoms with Gasteiger partial charge in [-0.2, -0.15) is 13.2 Å². The number of nitrogens with one attached hydrogen (secondary N) is 1. The van der Waals surface area contributed by atoms with Gasteiger partial charge >= 0.3 is 18.1 Å². The zero-order valence-electron chi connectivity index (χ0n) is 17.2. The number of esters is 1. The minimum Gasteiger partial charge on any atom is -0.462 e. The van der Waals surface area contributed by atoms with Crippen LogP contribution in [0, 0.1) is 0 Å². The van der Waals surface area contributed by atoms with Crippen molar-refractivity contribution in [2.24, 2.45) is 0 Å². The number of hydrogen-bond acceptors (Lipinski definition) is 4. The molecular weight excluding hydrogens is 425 g/mol. The number of carbonyl (C=O) groups is 3. The van der Waals surface area contributed by atoms with Crippen LogP contribution in [0.4, 0.5) is 18.9 Å². The molecular formula is C23H21F3N2O4. The van der Waals surface area contributed by atoms with E-state index in [2.05, 4.69) is 0 Å². The van der Waals surface area contributed by atoms with Crippen LogP contribution in [0.1, 0.15) is 51.1 Å². The van der Waals surface area contributed by atoms with Gasteiger partial charge in [0.1, 0.15) is 0 Å². The molecule has 0 radical (unpaired) electrons. The van der Waals surface area contributed by atoms with E-state index in [4.69, 9.17) is 4.74 Å². The third kappa shape index (κ3) is 3.94. The fourth-order valence-electron chi connectivity index (χ4n) is 4.54. The summed E-state index contributed by atoms with van der Waals surface area (Å²) in [7, 11) is 0. The van der Waals surface area contributed by atoms with Crippen LogP contribution in [0.5, 0.6) is 0 Å². The van der Waals surface area contributed by atoms with Crippen molar-refractivity contribution in [3.05, 3.63) is 64.7 Å². The molecule has 1 aliphatic carbocycles. The summed E-state index contributed by atoms with van der Waals surface area (Å²) in [5.41, 5.74) is 2.64. The first-order chi connectivity index (χ1) is 15.2. The van der Waals surface area contributed by atoms with Crippen LogP contribution in [0.3, 0.4) is 0 Å². The number of carbonyl (C=O) groups excluding carboxylic acids is 3. The Morgan fingerprint density at radius 3 is 2.50 bits per heavy atom. The van der Waals surface area contributed by atoms with Crippen molar-refractivity contribution in [3.63, 3.8) is 0 Å². The predicted octanol–water partition coefficient (Wildman–Crippen LogP) is 3.60. The molecule has 9 heteroatoms. The van der Waals surface area contributed by atoms with E-state index < -0.39 is 24.1 Å². The van der Waals surface area contributed by atoms with Crippen LogP contribution in [0.15, 0.2) is 42.5 Å². The number of benzene rings is 2. The number of anilines is 1. The molecule has 0 saturated carbocycles. The summed E-state index contributed by atoms with van der Waals surface area (Å²) in [5, 5.41) is 2.04. The highest BCUT2D eigenvalue weighted by Crippen LogP contribution is 2.46. The number of ether oxygens (including phenoxy) is 1. The Balaban J connectivity index is 1.72. The highest BCUT2D eigenvalue weighted by molar-refractivity contribution is 6.08. The normalized spacial score (nSPS) is 19.3. The molecule has 1 aliphatic heterocycles. The van der Waals surface area contributed by atoms with Crippen LogP contribution in [-0.4, -0.2) is 43.2 Å². The zero-order chi connectivity index (χ0) is 23.0. The van der Waals surface area contributed by atoms with Gasteiger partial charge in [-0.05, 0) is 55.2 Å². The summed E-state index contributed by atoms with van der Waals surface area (Å²) < 4.78 is 43.6. The molecule has 2 aromatic carbocycles. The van der Waals surface area contributed by atoms with E-state index in [1.165, 1.54) is 6.07 Å². The SMILES string of the molecule is CCOC(=O)c1ccc2c3c1CC(NC(=O)C(F)(F)F)CC3CN2C(=O)c1ccccc1. The molecule has 0 fully saturated rings. The lowest BCUT2D eigenvalue weighted by molar-refractivity contribution is -0.174. The Morgan fingerprint density at radius 1 is 1.12 bits per heavy atom. The molecule has 32 heavy (non-hydrogen) atoms. The molecule has 1 N–H and O–H groups in total. The predicted molar refractivity (Wildman–Crippen MR) is 110 cm³/mol. The average molecular weight is 446 g/mol. The number of hydrogen-bond donors (Lipinski definition) is 1. The molecule has 2 aromatic rings. The molecule has 1 heterocycles. The molecule has 2 atom stereocenters. The smallest absolute Gasteiger partial charge is 0.462 e. The second kappa shape index (κ2) is 8.29. The first kappa shape index (κ1) is 21.9. The molecule has 2 unspecified atom stereocenters. The van der Waals surface area contributed by atoms with Crippen molar-refractivity contribution >= 4 is 23.5 Å². The fraction of sp³-hybridized carbons (Fsp3) is 0.348. The maximum Gasteiger partial charge on any atom is 0.471 e. The molecule has 0 spiro atoms. The van der Waals surface area contributed by atoms with Crippen molar-refractivity contribution in [2.75, 3.05) is 18.1 Å². The average Bonchev–Trinajstić information content (AvgIpc) is 3.13. The lowest BCUT2D eigenvalue weighted by Gasteiger charge is -2.30. The van der Waals surface area contributed by atoms with E-state index in [1.54, 1.807) is 48.2 Å². The Hall–Kier alpha value is -3.36. The number of nitrogens with zero attached hydrogens (tertiary/aromatic N) is 1. The summed E-state index contributed by atoms with van der Waals surface area (Å²) in [5.74, 6) is -3.15. The minimum absolute atomic E-state index is 0.0447. The molecule has 2 amide bonds. The summed E-state index contributed by atoms with van der Waals surface area (Å²) in [4.78, 5) is 38.8. The Morgan fingerprint density at radius 2 is 1.84 bits per heavy atom. The van der Waals surface area contributed by atoms with Crippen LogP contribution in [-0.2, 0) is 16.0 Å². The largest absolute Gasteiger partial charge is 0.471 e. The fourth-order valence-corrected chi connectivity index (χ4v) is 4.54. The summed E-state index contributed by atoms with van der Waals surface area (Å²) in [6, 6.07) is 11.1. The lowest BCUT2D eigenvalue weighted by Crippen LogP contribution is -2.46. The van der Waals surface area contributed by atoms with Crippen molar-refractivity contribution < 1.29 is 32.3 Å². The monoisotopic (exact) mass is 446 g/mol. The van der Waals surface area contributed by atoms with Gasteiger partial charge in [-0.1, -0.05) is 18.2 Å². The molecule has 0 bridgehead atoms. The second-order valence-corrected chi connectivity index (χ2v) is 7.83. The van der Waals surface area contributed by atoms with Gasteiger partial charge in [-0.25, -0.2) is 4.79 Å². The first-order valence-corrected chi connectivity index (χ1v) is 10.3. The number of halogens is 3. The number of rotatable bonds is 4. The van der Waals surface area contributed by atoms with Gasteiger partial charge in [0.05, 0.1) is 12.2 Å². The van der Waals surface area contributed by atoms with Crippen molar-refractivity contribution in [3.8, 4) is 0 Å². The topological polar surface area (TPSA) is 75.7 Å². The summed E-state index contributed by atoms with van der Waals surface area (Å²) >= 11 is 0. The first-order valence-electron chi connectivity index (χ1n) is 10.3. The van der Waals surface area contributed by atoms with Gasteiger partial charge in [-0.15, -0.1) is 0 Å². The van der Waals surface area contributed by atoms with Crippen molar-refractivity contribution in [1.82, 2.24) is 5.32 Å². The molecule has 0 saturated heterocycles. The van der Waals surface area contributed by atoms with Gasteiger partial charge in [0.2, 0.25) is 0 Å². The molecule has 168 valence electrons. The quantitative estimate of drug-likeness (QED) is 0.729. The minimum atomic E-state index is -5.00. The van der Waals surface area contributed by atoms with Gasteiger partial charge in [-0.3, -0.25) is 9.59 Å². The molecule has 0 aromatic heterocycles. The maximum atomic E-state index is 13.1. The second-order valence-electron chi connectivity index (χ2n) is 7.83. The van der Waals surface area contributed by atoms with Crippen LogP contribution >= 0.6 is 0 Å². The Kier molecular flexibility index (Phi) is 5.66. The van der Waals surface area contributed by atoms with Gasteiger partial charge in [0.25, 0.3) is 5.91 Å². The van der Waals surface area contributed by atoms with Gasteiger partial charge in [0, 0.05) is 29.8 Å². The Labute approximate surface area is 182 Å². The maximum absolute atomic E-state index is 13.1. The number of amides is 2. The van der Waals surface area contributed by atoms with E-state index in [0.29, 0.717) is 16.8 Å². The van der Waals surface area contributed by atoms with Crippen LogP contribution < -0.4 is 10.2 Å². The van der Waals surface area contributed by atoms with Gasteiger partial charge in [0.15, 0.2) is 0 Å². The zero-order valence-corrected chi connectivity index (χ0v) is 17.2. The molecule has 4 rings (SSSR count). The third-order valence-corrected chi connectivity index (χ3v) is 5.81. The van der Waals surface area contributed by atoms with Crippen molar-refractivity contribution in [1.29, 1.82) is 0 Å². The Bertz CT molecular complexity index is 1070. The van der Waals surface area contributed by atoms with E-state index in [0.717, 1.165) is 5.56 Å². The van der Waals surface area contributed by atoms with E-state index >= 15 is 0 Å². The van der Waals surface area contributed by atoms with E-state index in [1.807, 2.05) is 5.32 Å². The summed E-state index contributed by atoms with van der Waals surface area (Å²) in [6.45, 7) is 2.05. The third-order valence-electron chi connectivity index (χ3n) is 5.81. The van der Waals surface area contributed by atoms with Gasteiger partial charge < -0.3 is 15.0 Å². The highest BCUT2D eigenvalue weighted by Gasteiger charge is 2.44. The van der Waals surface area contributed by atoms with E-state index in [-0.39, 0.29) is 43.4 Å². The summed E-state index contributed by atoms with van der Waals surface area (Å²) in [6.07, 6.45) is -4.73.